The van der Waals surface area contributed by atoms with Crippen LogP contribution in [0.5, 0.6) is 5.75 Å². The number of hydrogen-bond donors (Lipinski definition) is 1. The standard InChI is InChI=1S/C29H31N3O3/c1-21-30-31-29(35-21)13-12-24-7-4-5-9-28(24)34-20-27(33)19-32-16-14-23(15-17-32)26-11-10-22-6-2-3-8-25(22)18-26/h2-13,18,23,27,33H,14-17,19-20H2,1H3/b13-12+. The lowest BCUT2D eigenvalue weighted by Crippen LogP contribution is -2.40. The van der Waals surface area contributed by atoms with Crippen LogP contribution in [0.15, 0.2) is 71.1 Å². The number of piperidine rings is 1. The zero-order valence-electron chi connectivity index (χ0n) is 20.0. The van der Waals surface area contributed by atoms with E-state index >= 15 is 0 Å². The summed E-state index contributed by atoms with van der Waals surface area (Å²) in [6, 6.07) is 23.1. The molecular weight excluding hydrogens is 438 g/mol. The Morgan fingerprint density at radius 3 is 2.57 bits per heavy atom. The molecule has 1 saturated heterocycles. The molecule has 6 nitrogen and oxygen atoms in total. The lowest BCUT2D eigenvalue weighted by Gasteiger charge is -2.33. The van der Waals surface area contributed by atoms with Crippen LogP contribution in [0.3, 0.4) is 0 Å². The summed E-state index contributed by atoms with van der Waals surface area (Å²) in [5.41, 5.74) is 2.32. The van der Waals surface area contributed by atoms with Crippen LogP contribution < -0.4 is 4.74 Å². The molecule has 1 atom stereocenters. The third-order valence-electron chi connectivity index (χ3n) is 6.60. The zero-order chi connectivity index (χ0) is 24.0. The fourth-order valence-electron chi connectivity index (χ4n) is 4.74. The number of β-amino-alcohol motifs (C(OH)–C–C–N with tert-alkyl or cyclic N) is 1. The molecule has 180 valence electrons. The minimum absolute atomic E-state index is 0.245. The van der Waals surface area contributed by atoms with Crippen molar-refractivity contribution in [2.45, 2.75) is 31.8 Å². The first-order valence-corrected chi connectivity index (χ1v) is 12.2. The molecule has 0 spiro atoms. The molecule has 0 saturated carbocycles. The molecule has 0 aliphatic carbocycles. The van der Waals surface area contributed by atoms with E-state index in [0.29, 0.717) is 30.0 Å². The van der Waals surface area contributed by atoms with Gasteiger partial charge in [0.1, 0.15) is 18.5 Å². The van der Waals surface area contributed by atoms with E-state index in [1.807, 2.05) is 30.3 Å². The molecule has 6 heteroatoms. The van der Waals surface area contributed by atoms with Gasteiger partial charge in [-0.3, -0.25) is 0 Å². The van der Waals surface area contributed by atoms with E-state index < -0.39 is 6.10 Å². The van der Waals surface area contributed by atoms with Gasteiger partial charge in [0.25, 0.3) is 0 Å². The quantitative estimate of drug-likeness (QED) is 0.377. The van der Waals surface area contributed by atoms with Gasteiger partial charge in [0.15, 0.2) is 0 Å². The Kier molecular flexibility index (Phi) is 7.21. The summed E-state index contributed by atoms with van der Waals surface area (Å²) in [5, 5.41) is 21.1. The number of aliphatic hydroxyl groups excluding tert-OH is 1. The second-order valence-corrected chi connectivity index (χ2v) is 9.18. The molecule has 1 aliphatic heterocycles. The fourth-order valence-corrected chi connectivity index (χ4v) is 4.74. The van der Waals surface area contributed by atoms with Crippen LogP contribution in [0.4, 0.5) is 0 Å². The molecular formula is C29H31N3O3. The number of aryl methyl sites for hydroxylation is 1. The second kappa shape index (κ2) is 10.8. The number of fused-ring (bicyclic) bond motifs is 1. The van der Waals surface area contributed by atoms with Gasteiger partial charge in [0, 0.05) is 25.1 Å². The smallest absolute Gasteiger partial charge is 0.240 e. The normalized spacial score (nSPS) is 16.2. The number of para-hydroxylation sites is 1. The fraction of sp³-hybridized carbons (Fsp3) is 0.310. The maximum atomic E-state index is 10.6. The number of aromatic nitrogens is 2. The second-order valence-electron chi connectivity index (χ2n) is 9.18. The maximum absolute atomic E-state index is 10.6. The molecule has 0 bridgehead atoms. The monoisotopic (exact) mass is 469 g/mol. The van der Waals surface area contributed by atoms with Crippen molar-refractivity contribution in [3.05, 3.63) is 89.6 Å². The molecule has 1 fully saturated rings. The number of nitrogens with zero attached hydrogens (tertiary/aromatic N) is 3. The highest BCUT2D eigenvalue weighted by Crippen LogP contribution is 2.30. The summed E-state index contributed by atoms with van der Waals surface area (Å²) in [7, 11) is 0. The lowest BCUT2D eigenvalue weighted by atomic mass is 9.88. The van der Waals surface area contributed by atoms with Crippen LogP contribution in [-0.2, 0) is 0 Å². The number of ether oxygens (including phenoxy) is 1. The van der Waals surface area contributed by atoms with Gasteiger partial charge in [-0.25, -0.2) is 0 Å². The predicted octanol–water partition coefficient (Wildman–Crippen LogP) is 5.32. The van der Waals surface area contributed by atoms with Crippen LogP contribution in [-0.4, -0.2) is 52.5 Å². The average molecular weight is 470 g/mol. The summed E-state index contributed by atoms with van der Waals surface area (Å²) < 4.78 is 11.4. The third-order valence-corrected chi connectivity index (χ3v) is 6.60. The number of benzene rings is 3. The van der Waals surface area contributed by atoms with Crippen molar-refractivity contribution in [1.82, 2.24) is 15.1 Å². The van der Waals surface area contributed by atoms with Crippen molar-refractivity contribution < 1.29 is 14.3 Å². The molecule has 35 heavy (non-hydrogen) atoms. The summed E-state index contributed by atoms with van der Waals surface area (Å²) in [4.78, 5) is 2.34. The van der Waals surface area contributed by atoms with E-state index in [2.05, 4.69) is 57.6 Å². The highest BCUT2D eigenvalue weighted by molar-refractivity contribution is 5.83. The minimum atomic E-state index is -0.553. The van der Waals surface area contributed by atoms with Gasteiger partial charge in [-0.2, -0.15) is 0 Å². The molecule has 3 aromatic carbocycles. The molecule has 1 N–H and O–H groups in total. The Labute approximate surface area is 205 Å². The highest BCUT2D eigenvalue weighted by Gasteiger charge is 2.22. The Bertz CT molecular complexity index is 1290. The van der Waals surface area contributed by atoms with Crippen LogP contribution in [0.2, 0.25) is 0 Å². The number of rotatable bonds is 8. The van der Waals surface area contributed by atoms with Gasteiger partial charge in [-0.15, -0.1) is 10.2 Å². The summed E-state index contributed by atoms with van der Waals surface area (Å²) in [5.74, 6) is 2.27. The minimum Gasteiger partial charge on any atom is -0.490 e. The van der Waals surface area contributed by atoms with Crippen molar-refractivity contribution in [2.24, 2.45) is 0 Å². The Hall–Kier alpha value is -3.48. The van der Waals surface area contributed by atoms with E-state index in [1.54, 1.807) is 13.0 Å². The third kappa shape index (κ3) is 5.96. The van der Waals surface area contributed by atoms with Crippen molar-refractivity contribution in [3.8, 4) is 5.75 Å². The van der Waals surface area contributed by atoms with E-state index in [0.717, 1.165) is 31.5 Å². The van der Waals surface area contributed by atoms with Gasteiger partial charge in [0.05, 0.1) is 0 Å². The van der Waals surface area contributed by atoms with E-state index in [4.69, 9.17) is 9.15 Å². The van der Waals surface area contributed by atoms with Gasteiger partial charge >= 0.3 is 0 Å². The molecule has 4 aromatic rings. The van der Waals surface area contributed by atoms with Crippen molar-refractivity contribution in [1.29, 1.82) is 0 Å². The van der Waals surface area contributed by atoms with Crippen LogP contribution >= 0.6 is 0 Å². The lowest BCUT2D eigenvalue weighted by molar-refractivity contribution is 0.0594. The SMILES string of the molecule is Cc1nnc(/C=C/c2ccccc2OCC(O)CN2CCC(c3ccc4ccccc4c3)CC2)o1. The Morgan fingerprint density at radius 2 is 1.77 bits per heavy atom. The number of likely N-dealkylation sites (tertiary alicyclic amines) is 1. The van der Waals surface area contributed by atoms with E-state index in [1.165, 1.54) is 16.3 Å². The van der Waals surface area contributed by atoms with Crippen LogP contribution in [0.1, 0.15) is 41.7 Å². The van der Waals surface area contributed by atoms with Crippen molar-refractivity contribution in [2.75, 3.05) is 26.2 Å². The van der Waals surface area contributed by atoms with E-state index in [-0.39, 0.29) is 6.61 Å². The first kappa shape index (κ1) is 23.3. The van der Waals surface area contributed by atoms with Gasteiger partial charge < -0.3 is 19.2 Å². The van der Waals surface area contributed by atoms with Crippen LogP contribution in [0, 0.1) is 6.92 Å². The topological polar surface area (TPSA) is 71.6 Å². The summed E-state index contributed by atoms with van der Waals surface area (Å²) >= 11 is 0. The predicted molar refractivity (Wildman–Crippen MR) is 138 cm³/mol. The van der Waals surface area contributed by atoms with Crippen molar-refractivity contribution >= 4 is 22.9 Å². The number of aliphatic hydroxyl groups is 1. The molecule has 1 unspecified atom stereocenters. The Morgan fingerprint density at radius 1 is 1.00 bits per heavy atom. The molecule has 5 rings (SSSR count). The number of hydrogen-bond acceptors (Lipinski definition) is 6. The summed E-state index contributed by atoms with van der Waals surface area (Å²) in [6.45, 7) is 4.59. The Balaban J connectivity index is 1.11. The molecule has 1 aromatic heterocycles. The van der Waals surface area contributed by atoms with E-state index in [9.17, 15) is 5.11 Å². The largest absolute Gasteiger partial charge is 0.490 e. The van der Waals surface area contributed by atoms with Crippen LogP contribution in [0.25, 0.3) is 22.9 Å². The summed E-state index contributed by atoms with van der Waals surface area (Å²) in [6.07, 6.45) is 5.30. The zero-order valence-corrected chi connectivity index (χ0v) is 20.0. The highest BCUT2D eigenvalue weighted by atomic mass is 16.5. The maximum Gasteiger partial charge on any atom is 0.240 e. The van der Waals surface area contributed by atoms with Crippen molar-refractivity contribution in [3.63, 3.8) is 0 Å². The average Bonchev–Trinajstić information content (AvgIpc) is 3.32. The molecule has 1 aliphatic rings. The van der Waals surface area contributed by atoms with Gasteiger partial charge in [-0.05, 0) is 60.3 Å². The first-order chi connectivity index (χ1) is 17.1. The van der Waals surface area contributed by atoms with Gasteiger partial charge in [0.2, 0.25) is 11.8 Å². The van der Waals surface area contributed by atoms with Gasteiger partial charge in [-0.1, -0.05) is 60.7 Å². The molecule has 0 radical (unpaired) electrons. The molecule has 0 amide bonds. The first-order valence-electron chi connectivity index (χ1n) is 12.2. The molecule has 2 heterocycles.